The van der Waals surface area contributed by atoms with Crippen molar-refractivity contribution in [1.82, 2.24) is 15.1 Å². The van der Waals surface area contributed by atoms with Crippen molar-refractivity contribution in [3.8, 4) is 0 Å². The monoisotopic (exact) mass is 223 g/mol. The quantitative estimate of drug-likeness (QED) is 0.687. The molecule has 0 spiro atoms. The molecule has 1 N–H and O–H groups in total. The summed E-state index contributed by atoms with van der Waals surface area (Å²) in [6, 6.07) is 2.14. The summed E-state index contributed by atoms with van der Waals surface area (Å²) >= 11 is 0. The summed E-state index contributed by atoms with van der Waals surface area (Å²) in [6.45, 7) is 9.66. The highest BCUT2D eigenvalue weighted by atomic mass is 15.3. The van der Waals surface area contributed by atoms with E-state index in [1.54, 1.807) is 0 Å². The molecule has 0 saturated carbocycles. The maximum atomic E-state index is 4.46. The molecule has 1 rings (SSSR count). The maximum Gasteiger partial charge on any atom is 0.0596 e. The fraction of sp³-hybridized carbons (Fsp3) is 0.769. The summed E-state index contributed by atoms with van der Waals surface area (Å²) in [4.78, 5) is 0. The first-order valence-electron chi connectivity index (χ1n) is 6.46. The molecule has 0 bridgehead atoms. The SMILES string of the molecule is CCNCCCCCCn1nc(C)cc1C. The van der Waals surface area contributed by atoms with Gasteiger partial charge in [0.1, 0.15) is 0 Å². The van der Waals surface area contributed by atoms with Crippen LogP contribution in [-0.4, -0.2) is 22.9 Å². The molecule has 0 aromatic carbocycles. The molecule has 0 aliphatic carbocycles. The van der Waals surface area contributed by atoms with Crippen LogP contribution in [0.3, 0.4) is 0 Å². The van der Waals surface area contributed by atoms with Crippen LogP contribution < -0.4 is 5.32 Å². The Labute approximate surface area is 99.2 Å². The Balaban J connectivity index is 2.05. The Morgan fingerprint density at radius 3 is 2.56 bits per heavy atom. The Morgan fingerprint density at radius 1 is 1.19 bits per heavy atom. The van der Waals surface area contributed by atoms with Gasteiger partial charge in [0.25, 0.3) is 0 Å². The van der Waals surface area contributed by atoms with Gasteiger partial charge in [-0.2, -0.15) is 5.10 Å². The molecule has 0 aliphatic rings. The lowest BCUT2D eigenvalue weighted by Crippen LogP contribution is -2.13. The lowest BCUT2D eigenvalue weighted by atomic mass is 10.2. The van der Waals surface area contributed by atoms with Crippen LogP contribution in [0.15, 0.2) is 6.07 Å². The summed E-state index contributed by atoms with van der Waals surface area (Å²) in [6.07, 6.45) is 5.18. The molecule has 1 aromatic heterocycles. The summed E-state index contributed by atoms with van der Waals surface area (Å²) in [5.41, 5.74) is 2.41. The van der Waals surface area contributed by atoms with Crippen LogP contribution in [0.1, 0.15) is 44.0 Å². The molecule has 0 fully saturated rings. The van der Waals surface area contributed by atoms with Crippen molar-refractivity contribution < 1.29 is 0 Å². The predicted octanol–water partition coefficient (Wildman–Crippen LogP) is 2.67. The van der Waals surface area contributed by atoms with Gasteiger partial charge in [-0.1, -0.05) is 19.8 Å². The Morgan fingerprint density at radius 2 is 1.94 bits per heavy atom. The molecule has 0 radical (unpaired) electrons. The molecule has 0 unspecified atom stereocenters. The minimum absolute atomic E-state index is 1.07. The van der Waals surface area contributed by atoms with Crippen molar-refractivity contribution in [2.75, 3.05) is 13.1 Å². The van der Waals surface area contributed by atoms with E-state index in [2.05, 4.69) is 41.9 Å². The highest BCUT2D eigenvalue weighted by Gasteiger charge is 1.99. The number of hydrogen-bond donors (Lipinski definition) is 1. The summed E-state index contributed by atoms with van der Waals surface area (Å²) in [5.74, 6) is 0. The van der Waals surface area contributed by atoms with Crippen molar-refractivity contribution >= 4 is 0 Å². The molecule has 0 saturated heterocycles. The van der Waals surface area contributed by atoms with E-state index >= 15 is 0 Å². The third-order valence-electron chi connectivity index (χ3n) is 2.83. The number of unbranched alkanes of at least 4 members (excludes halogenated alkanes) is 3. The van der Waals surface area contributed by atoms with Crippen LogP contribution in [0.2, 0.25) is 0 Å². The zero-order chi connectivity index (χ0) is 11.8. The van der Waals surface area contributed by atoms with Crippen LogP contribution in [0.4, 0.5) is 0 Å². The van der Waals surface area contributed by atoms with Crippen LogP contribution >= 0.6 is 0 Å². The third kappa shape index (κ3) is 4.79. The fourth-order valence-electron chi connectivity index (χ4n) is 1.94. The zero-order valence-corrected chi connectivity index (χ0v) is 10.9. The normalized spacial score (nSPS) is 10.9. The average Bonchev–Trinajstić information content (AvgIpc) is 2.56. The Bertz CT molecular complexity index is 291. The second kappa shape index (κ2) is 7.44. The molecule has 1 heterocycles. The van der Waals surface area contributed by atoms with Crippen LogP contribution in [0.25, 0.3) is 0 Å². The van der Waals surface area contributed by atoms with Gasteiger partial charge in [0.2, 0.25) is 0 Å². The largest absolute Gasteiger partial charge is 0.317 e. The van der Waals surface area contributed by atoms with Gasteiger partial charge >= 0.3 is 0 Å². The lowest BCUT2D eigenvalue weighted by Gasteiger charge is -2.04. The first-order chi connectivity index (χ1) is 7.74. The molecule has 3 heteroatoms. The van der Waals surface area contributed by atoms with Gasteiger partial charge in [-0.15, -0.1) is 0 Å². The fourth-order valence-corrected chi connectivity index (χ4v) is 1.94. The molecule has 16 heavy (non-hydrogen) atoms. The van der Waals surface area contributed by atoms with Crippen molar-refractivity contribution in [3.63, 3.8) is 0 Å². The Kier molecular flexibility index (Phi) is 6.16. The maximum absolute atomic E-state index is 4.46. The van der Waals surface area contributed by atoms with E-state index < -0.39 is 0 Å². The highest BCUT2D eigenvalue weighted by Crippen LogP contribution is 2.06. The molecule has 3 nitrogen and oxygen atoms in total. The topological polar surface area (TPSA) is 29.9 Å². The predicted molar refractivity (Wildman–Crippen MR) is 68.7 cm³/mol. The highest BCUT2D eigenvalue weighted by molar-refractivity contribution is 5.06. The van der Waals surface area contributed by atoms with Crippen molar-refractivity contribution in [2.24, 2.45) is 0 Å². The van der Waals surface area contributed by atoms with E-state index in [4.69, 9.17) is 0 Å². The van der Waals surface area contributed by atoms with Gasteiger partial charge < -0.3 is 5.32 Å². The van der Waals surface area contributed by atoms with Gasteiger partial charge in [0.05, 0.1) is 5.69 Å². The van der Waals surface area contributed by atoms with Gasteiger partial charge in [-0.05, 0) is 45.8 Å². The number of aryl methyl sites for hydroxylation is 3. The van der Waals surface area contributed by atoms with Gasteiger partial charge in [0.15, 0.2) is 0 Å². The minimum atomic E-state index is 1.07. The van der Waals surface area contributed by atoms with Crippen molar-refractivity contribution in [2.45, 2.75) is 53.0 Å². The van der Waals surface area contributed by atoms with E-state index in [9.17, 15) is 0 Å². The van der Waals surface area contributed by atoms with Crippen molar-refractivity contribution in [3.05, 3.63) is 17.5 Å². The molecule has 0 atom stereocenters. The van der Waals surface area contributed by atoms with Crippen LogP contribution in [-0.2, 0) is 6.54 Å². The Hall–Kier alpha value is -0.830. The molecule has 0 aliphatic heterocycles. The number of aromatic nitrogens is 2. The van der Waals surface area contributed by atoms with Crippen LogP contribution in [0.5, 0.6) is 0 Å². The van der Waals surface area contributed by atoms with E-state index in [-0.39, 0.29) is 0 Å². The molecule has 1 aromatic rings. The number of nitrogens with zero attached hydrogens (tertiary/aromatic N) is 2. The summed E-state index contributed by atoms with van der Waals surface area (Å²) in [7, 11) is 0. The molecular formula is C13H25N3. The molecule has 92 valence electrons. The van der Waals surface area contributed by atoms with E-state index in [0.717, 1.165) is 25.3 Å². The second-order valence-electron chi connectivity index (χ2n) is 4.42. The molecular weight excluding hydrogens is 198 g/mol. The first kappa shape index (κ1) is 13.2. The van der Waals surface area contributed by atoms with E-state index in [1.807, 2.05) is 0 Å². The third-order valence-corrected chi connectivity index (χ3v) is 2.83. The summed E-state index contributed by atoms with van der Waals surface area (Å²) < 4.78 is 2.12. The van der Waals surface area contributed by atoms with Crippen molar-refractivity contribution in [1.29, 1.82) is 0 Å². The number of rotatable bonds is 8. The number of nitrogens with one attached hydrogen (secondary N) is 1. The van der Waals surface area contributed by atoms with E-state index in [0.29, 0.717) is 0 Å². The lowest BCUT2D eigenvalue weighted by molar-refractivity contribution is 0.518. The smallest absolute Gasteiger partial charge is 0.0596 e. The second-order valence-corrected chi connectivity index (χ2v) is 4.42. The first-order valence-corrected chi connectivity index (χ1v) is 6.46. The van der Waals surface area contributed by atoms with Gasteiger partial charge in [0, 0.05) is 12.2 Å². The number of hydrogen-bond acceptors (Lipinski definition) is 2. The minimum Gasteiger partial charge on any atom is -0.317 e. The van der Waals surface area contributed by atoms with Gasteiger partial charge in [-0.3, -0.25) is 4.68 Å². The standard InChI is InChI=1S/C13H25N3/c1-4-14-9-7-5-6-8-10-16-13(3)11-12(2)15-16/h11,14H,4-10H2,1-3H3. The zero-order valence-electron chi connectivity index (χ0n) is 10.9. The molecule has 0 amide bonds. The van der Waals surface area contributed by atoms with Crippen LogP contribution in [0, 0.1) is 13.8 Å². The van der Waals surface area contributed by atoms with Gasteiger partial charge in [-0.25, -0.2) is 0 Å². The average molecular weight is 223 g/mol. The van der Waals surface area contributed by atoms with E-state index in [1.165, 1.54) is 31.4 Å². The summed E-state index contributed by atoms with van der Waals surface area (Å²) in [5, 5.41) is 7.81.